The fourth-order valence-electron chi connectivity index (χ4n) is 3.63. The van der Waals surface area contributed by atoms with Gasteiger partial charge in [-0.05, 0) is 61.9 Å². The minimum absolute atomic E-state index is 0.183. The molecular weight excluding hydrogens is 340 g/mol. The predicted molar refractivity (Wildman–Crippen MR) is 112 cm³/mol. The third-order valence-electron chi connectivity index (χ3n) is 5.83. The molecule has 0 radical (unpaired) electrons. The summed E-state index contributed by atoms with van der Waals surface area (Å²) in [5.41, 5.74) is 3.49. The highest BCUT2D eigenvalue weighted by Crippen LogP contribution is 2.28. The normalized spacial score (nSPS) is 21.7. The second-order valence-corrected chi connectivity index (χ2v) is 8.02. The van der Waals surface area contributed by atoms with E-state index in [-0.39, 0.29) is 6.10 Å². The second-order valence-electron chi connectivity index (χ2n) is 7.67. The first-order valence-electron chi connectivity index (χ1n) is 9.89. The van der Waals surface area contributed by atoms with Gasteiger partial charge in [0.1, 0.15) is 12.4 Å². The Hall–Kier alpha value is -1.68. The van der Waals surface area contributed by atoms with Crippen LogP contribution in [0.4, 0.5) is 0 Å². The molecule has 1 heterocycles. The van der Waals surface area contributed by atoms with Crippen molar-refractivity contribution in [1.82, 2.24) is 9.55 Å². The van der Waals surface area contributed by atoms with Gasteiger partial charge in [0.2, 0.25) is 0 Å². The summed E-state index contributed by atoms with van der Waals surface area (Å²) in [5.74, 6) is 1.52. The molecular formula is C22H30N2OS. The summed E-state index contributed by atoms with van der Waals surface area (Å²) < 4.78 is 8.05. The minimum atomic E-state index is 0.183. The van der Waals surface area contributed by atoms with Crippen molar-refractivity contribution in [3.8, 4) is 0 Å². The van der Waals surface area contributed by atoms with Gasteiger partial charge in [-0.3, -0.25) is 4.57 Å². The van der Waals surface area contributed by atoms with Crippen molar-refractivity contribution in [1.29, 1.82) is 0 Å². The number of thiocarbonyl (C=S) groups is 1. The summed E-state index contributed by atoms with van der Waals surface area (Å²) in [4.78, 5) is 4.41. The number of imidazole rings is 1. The molecule has 140 valence electrons. The molecule has 4 heteroatoms. The Balaban J connectivity index is 1.60. The molecule has 0 amide bonds. The fourth-order valence-corrected chi connectivity index (χ4v) is 3.91. The van der Waals surface area contributed by atoms with Crippen LogP contribution in [-0.4, -0.2) is 20.8 Å². The molecule has 0 saturated heterocycles. The van der Waals surface area contributed by atoms with Gasteiger partial charge < -0.3 is 4.74 Å². The van der Waals surface area contributed by atoms with Crippen LogP contribution in [0.25, 0.3) is 11.0 Å². The maximum Gasteiger partial charge on any atom is 0.269 e. The van der Waals surface area contributed by atoms with Crippen molar-refractivity contribution in [2.45, 2.75) is 65.4 Å². The van der Waals surface area contributed by atoms with Crippen LogP contribution < -0.4 is 0 Å². The van der Waals surface area contributed by atoms with E-state index in [0.717, 1.165) is 35.7 Å². The van der Waals surface area contributed by atoms with Crippen molar-refractivity contribution in [2.24, 2.45) is 11.8 Å². The first-order chi connectivity index (χ1) is 12.6. The first-order valence-corrected chi connectivity index (χ1v) is 10.3. The van der Waals surface area contributed by atoms with Crippen LogP contribution >= 0.6 is 12.2 Å². The van der Waals surface area contributed by atoms with E-state index in [9.17, 15) is 0 Å². The third-order valence-corrected chi connectivity index (χ3v) is 6.12. The van der Waals surface area contributed by atoms with Crippen molar-refractivity contribution < 1.29 is 4.74 Å². The molecule has 0 bridgehead atoms. The molecule has 3 rings (SSSR count). The van der Waals surface area contributed by atoms with E-state index in [1.807, 2.05) is 28.8 Å². The molecule has 3 atom stereocenters. The van der Waals surface area contributed by atoms with Gasteiger partial charge in [-0.25, -0.2) is 4.98 Å². The summed E-state index contributed by atoms with van der Waals surface area (Å²) in [6.07, 6.45) is 11.3. The number of rotatable bonds is 5. The molecule has 1 aromatic carbocycles. The molecule has 1 aliphatic rings. The number of benzene rings is 1. The number of hydrogen-bond acceptors (Lipinski definition) is 3. The van der Waals surface area contributed by atoms with E-state index in [4.69, 9.17) is 17.0 Å². The molecule has 2 unspecified atom stereocenters. The van der Waals surface area contributed by atoms with Gasteiger partial charge >= 0.3 is 0 Å². The van der Waals surface area contributed by atoms with Crippen molar-refractivity contribution in [3.05, 3.63) is 42.2 Å². The number of ether oxygens (including phenoxy) is 1. The lowest BCUT2D eigenvalue weighted by atomic mass is 9.87. The standard InChI is InChI=1S/C22H30N2OS/c1-4-16(2)17(3)12-13-18-8-7-9-19(14-18)25-22(26)24-15-23-20-10-5-6-11-21(20)24/h5-6,10-11,13,15-17,19H,4,7-9,12,14H2,1-3H3/b18-13+/t16?,17?,19-/m0/s1. The smallest absolute Gasteiger partial charge is 0.269 e. The van der Waals surface area contributed by atoms with Crippen molar-refractivity contribution in [3.63, 3.8) is 0 Å². The largest absolute Gasteiger partial charge is 0.467 e. The molecule has 0 aliphatic heterocycles. The number of fused-ring (bicyclic) bond motifs is 1. The van der Waals surface area contributed by atoms with Crippen LogP contribution in [0.15, 0.2) is 42.2 Å². The summed E-state index contributed by atoms with van der Waals surface area (Å²) in [5, 5.41) is 0.512. The van der Waals surface area contributed by atoms with E-state index in [0.29, 0.717) is 5.17 Å². The highest BCUT2D eigenvalue weighted by molar-refractivity contribution is 7.80. The first kappa shape index (κ1) is 19.1. The fraction of sp³-hybridized carbons (Fsp3) is 0.545. The SMILES string of the molecule is CCC(C)C(C)C/C=C1\CCC[C@H](OC(=S)n2cnc3ccccc32)C1. The third kappa shape index (κ3) is 4.53. The minimum Gasteiger partial charge on any atom is -0.467 e. The van der Waals surface area contributed by atoms with Gasteiger partial charge in [-0.2, -0.15) is 0 Å². The Morgan fingerprint density at radius 1 is 1.35 bits per heavy atom. The van der Waals surface area contributed by atoms with Gasteiger partial charge in [-0.15, -0.1) is 0 Å². The molecule has 2 aromatic rings. The zero-order valence-corrected chi connectivity index (χ0v) is 17.0. The number of aromatic nitrogens is 2. The molecule has 1 aliphatic carbocycles. The molecule has 0 N–H and O–H groups in total. The summed E-state index contributed by atoms with van der Waals surface area (Å²) in [7, 11) is 0. The van der Waals surface area contributed by atoms with Gasteiger partial charge in [0.15, 0.2) is 0 Å². The van der Waals surface area contributed by atoms with Crippen LogP contribution in [0.5, 0.6) is 0 Å². The quantitative estimate of drug-likeness (QED) is 0.468. The Labute approximate surface area is 162 Å². The Morgan fingerprint density at radius 2 is 2.15 bits per heavy atom. The highest BCUT2D eigenvalue weighted by atomic mass is 32.1. The Bertz CT molecular complexity index is 779. The maximum atomic E-state index is 6.16. The highest BCUT2D eigenvalue weighted by Gasteiger charge is 2.21. The zero-order valence-electron chi connectivity index (χ0n) is 16.1. The van der Waals surface area contributed by atoms with Gasteiger partial charge in [-0.1, -0.05) is 51.0 Å². The van der Waals surface area contributed by atoms with Crippen LogP contribution in [-0.2, 0) is 4.74 Å². The lowest BCUT2D eigenvalue weighted by Crippen LogP contribution is -2.24. The number of hydrogen-bond donors (Lipinski definition) is 0. The van der Waals surface area contributed by atoms with Crippen LogP contribution in [0.2, 0.25) is 0 Å². The zero-order chi connectivity index (χ0) is 18.5. The predicted octanol–water partition coefficient (Wildman–Crippen LogP) is 6.13. The molecule has 1 saturated carbocycles. The van der Waals surface area contributed by atoms with E-state index < -0.39 is 0 Å². The average molecular weight is 371 g/mol. The Kier molecular flexibility index (Phi) is 6.47. The van der Waals surface area contributed by atoms with E-state index in [2.05, 4.69) is 31.8 Å². The summed E-state index contributed by atoms with van der Waals surface area (Å²) in [6, 6.07) is 8.01. The molecule has 1 fully saturated rings. The molecule has 26 heavy (non-hydrogen) atoms. The second kappa shape index (κ2) is 8.81. The lowest BCUT2D eigenvalue weighted by Gasteiger charge is -2.26. The van der Waals surface area contributed by atoms with Crippen LogP contribution in [0.1, 0.15) is 59.3 Å². The molecule has 0 spiro atoms. The van der Waals surface area contributed by atoms with Gasteiger partial charge in [0.25, 0.3) is 5.17 Å². The van der Waals surface area contributed by atoms with Gasteiger partial charge in [0, 0.05) is 6.42 Å². The van der Waals surface area contributed by atoms with Crippen molar-refractivity contribution >= 4 is 28.4 Å². The topological polar surface area (TPSA) is 27.1 Å². The molecule has 3 nitrogen and oxygen atoms in total. The summed E-state index contributed by atoms with van der Waals surface area (Å²) in [6.45, 7) is 6.99. The van der Waals surface area contributed by atoms with Crippen LogP contribution in [0, 0.1) is 11.8 Å². The van der Waals surface area contributed by atoms with E-state index in [1.54, 1.807) is 6.33 Å². The van der Waals surface area contributed by atoms with Crippen LogP contribution in [0.3, 0.4) is 0 Å². The lowest BCUT2D eigenvalue weighted by molar-refractivity contribution is 0.161. The number of nitrogens with zero attached hydrogens (tertiary/aromatic N) is 2. The summed E-state index contributed by atoms with van der Waals surface area (Å²) >= 11 is 5.56. The average Bonchev–Trinajstić information content (AvgIpc) is 3.10. The number of para-hydroxylation sites is 2. The number of allylic oxidation sites excluding steroid dienone is 1. The Morgan fingerprint density at radius 3 is 2.96 bits per heavy atom. The van der Waals surface area contributed by atoms with Gasteiger partial charge in [0.05, 0.1) is 11.0 Å². The monoisotopic (exact) mass is 370 g/mol. The van der Waals surface area contributed by atoms with E-state index >= 15 is 0 Å². The van der Waals surface area contributed by atoms with E-state index in [1.165, 1.54) is 31.3 Å². The maximum absolute atomic E-state index is 6.16. The molecule has 1 aromatic heterocycles. The van der Waals surface area contributed by atoms with Crippen molar-refractivity contribution in [2.75, 3.05) is 0 Å².